The minimum absolute atomic E-state index is 0.137. The summed E-state index contributed by atoms with van der Waals surface area (Å²) in [6.07, 6.45) is 1.86. The number of carbonyl (C=O) groups excluding carboxylic acids is 2. The number of allylic oxidation sites excluding steroid dienone is 1. The number of hydrogen-bond donors (Lipinski definition) is 3. The molecule has 276 valence electrons. The van der Waals surface area contributed by atoms with Gasteiger partial charge in [-0.05, 0) is 81.2 Å². The molecule has 4 atom stereocenters. The molecule has 0 unspecified atom stereocenters. The van der Waals surface area contributed by atoms with E-state index in [9.17, 15) is 24.9 Å². The van der Waals surface area contributed by atoms with E-state index in [2.05, 4.69) is 61.0 Å². The van der Waals surface area contributed by atoms with Crippen LogP contribution in [0.3, 0.4) is 0 Å². The van der Waals surface area contributed by atoms with Crippen LogP contribution < -0.4 is 10.4 Å². The molecule has 4 aromatic carbocycles. The van der Waals surface area contributed by atoms with E-state index in [0.29, 0.717) is 17.6 Å². The van der Waals surface area contributed by atoms with Gasteiger partial charge in [-0.1, -0.05) is 128 Å². The molecule has 1 aliphatic carbocycles. The number of benzene rings is 4. The summed E-state index contributed by atoms with van der Waals surface area (Å²) in [6, 6.07) is 35.7. The van der Waals surface area contributed by atoms with Gasteiger partial charge in [0.25, 0.3) is 8.32 Å². The first-order valence-corrected chi connectivity index (χ1v) is 20.9. The molecule has 6 rings (SSSR count). The number of phenolic OH excluding ortho intramolecular Hbond substituents is 1. The SMILES string of the molecule is CN1C(=O)[C@@H]2[C@@H](CC(CO[Si](c3ccccc3)(c3ccccc3)C(C)(C)C)=C([C@H](O)CC/C(=C/c3cc(Br)ccc3O)c3ccccc3)[C@@H]2CO)C1=O. The zero-order chi connectivity index (χ0) is 37.9. The number of phenols is 1. The maximum Gasteiger partial charge on any atom is 0.261 e. The lowest BCUT2D eigenvalue weighted by atomic mass is 9.68. The highest BCUT2D eigenvalue weighted by molar-refractivity contribution is 9.10. The lowest BCUT2D eigenvalue weighted by Crippen LogP contribution is -2.66. The van der Waals surface area contributed by atoms with Crippen molar-refractivity contribution in [2.45, 2.75) is 51.2 Å². The predicted octanol–water partition coefficient (Wildman–Crippen LogP) is 6.95. The van der Waals surface area contributed by atoms with Gasteiger partial charge >= 0.3 is 0 Å². The van der Waals surface area contributed by atoms with Crippen LogP contribution in [0.25, 0.3) is 11.6 Å². The number of rotatable bonds is 12. The van der Waals surface area contributed by atoms with Crippen molar-refractivity contribution in [3.05, 3.63) is 136 Å². The van der Waals surface area contributed by atoms with Gasteiger partial charge < -0.3 is 19.7 Å². The number of amides is 2. The second-order valence-corrected chi connectivity index (χ2v) is 20.4. The van der Waals surface area contributed by atoms with Crippen LogP contribution in [0.5, 0.6) is 5.75 Å². The van der Waals surface area contributed by atoms with Crippen LogP contribution in [0.4, 0.5) is 0 Å². The van der Waals surface area contributed by atoms with Crippen LogP contribution in [-0.4, -0.2) is 66.7 Å². The van der Waals surface area contributed by atoms with E-state index in [4.69, 9.17) is 4.43 Å². The molecular weight excluding hydrogens is 746 g/mol. The second-order valence-electron chi connectivity index (χ2n) is 15.2. The minimum Gasteiger partial charge on any atom is -0.507 e. The van der Waals surface area contributed by atoms with Crippen LogP contribution in [0.1, 0.15) is 51.2 Å². The molecule has 1 saturated heterocycles. The molecule has 7 nitrogen and oxygen atoms in total. The quantitative estimate of drug-likeness (QED) is 0.0621. The van der Waals surface area contributed by atoms with E-state index in [1.54, 1.807) is 12.1 Å². The van der Waals surface area contributed by atoms with Crippen molar-refractivity contribution in [1.82, 2.24) is 4.90 Å². The number of carbonyl (C=O) groups is 2. The van der Waals surface area contributed by atoms with Crippen LogP contribution in [0.15, 0.2) is 125 Å². The number of likely N-dealkylation sites (tertiary alicyclic amines) is 1. The summed E-state index contributed by atoms with van der Waals surface area (Å²) in [4.78, 5) is 28.2. The molecule has 0 bridgehead atoms. The lowest BCUT2D eigenvalue weighted by Gasteiger charge is -2.44. The van der Waals surface area contributed by atoms with E-state index in [-0.39, 0.29) is 42.1 Å². The maximum absolute atomic E-state index is 13.6. The van der Waals surface area contributed by atoms with Crippen molar-refractivity contribution in [2.75, 3.05) is 20.3 Å². The molecule has 0 saturated carbocycles. The Hall–Kier alpha value is -4.12. The van der Waals surface area contributed by atoms with Crippen LogP contribution in [-0.2, 0) is 14.0 Å². The third kappa shape index (κ3) is 7.64. The molecule has 1 fully saturated rings. The molecule has 2 amide bonds. The van der Waals surface area contributed by atoms with E-state index in [1.807, 2.05) is 78.9 Å². The number of nitrogens with zero attached hydrogens (tertiary/aromatic N) is 1. The normalized spacial score (nSPS) is 20.2. The first-order valence-electron chi connectivity index (χ1n) is 18.2. The molecule has 2 aliphatic rings. The van der Waals surface area contributed by atoms with Crippen molar-refractivity contribution in [3.63, 3.8) is 0 Å². The first-order chi connectivity index (χ1) is 25.4. The number of aliphatic hydroxyl groups is 2. The Balaban J connectivity index is 1.43. The molecule has 4 aromatic rings. The van der Waals surface area contributed by atoms with Gasteiger partial charge in [-0.2, -0.15) is 0 Å². The zero-order valence-corrected chi connectivity index (χ0v) is 33.3. The fourth-order valence-electron chi connectivity index (χ4n) is 8.43. The number of aromatic hydroxyl groups is 1. The van der Waals surface area contributed by atoms with E-state index >= 15 is 0 Å². The standard InChI is InChI=1S/C44H48BrNO6Si/c1-44(2,3)53(34-16-10-6-11-17-34,35-18-12-7-13-19-35)52-28-32-26-36-41(43(51)46(4)42(36)50)37(27-47)40(32)39(49)22-20-30(29-14-8-5-9-15-29)24-31-25-33(45)21-23-38(31)48/h5-19,21,23-25,36-37,39,41,47-49H,20,22,26-28H2,1-4H3/b30-24-/t36-,37+,39-,41-/m1/s1. The Morgan fingerprint density at radius 1 is 0.925 bits per heavy atom. The second kappa shape index (κ2) is 16.1. The van der Waals surface area contributed by atoms with Crippen molar-refractivity contribution >= 4 is 58.1 Å². The van der Waals surface area contributed by atoms with Gasteiger partial charge in [0.1, 0.15) is 5.75 Å². The third-order valence-corrected chi connectivity index (χ3v) is 16.5. The molecule has 9 heteroatoms. The molecule has 0 spiro atoms. The van der Waals surface area contributed by atoms with E-state index in [0.717, 1.165) is 31.6 Å². The third-order valence-electron chi connectivity index (χ3n) is 11.0. The minimum atomic E-state index is -3.02. The first kappa shape index (κ1) is 38.6. The summed E-state index contributed by atoms with van der Waals surface area (Å²) in [5.74, 6) is -2.61. The molecular formula is C44H48BrNO6Si. The predicted molar refractivity (Wildman–Crippen MR) is 216 cm³/mol. The number of hydrogen-bond acceptors (Lipinski definition) is 6. The van der Waals surface area contributed by atoms with Crippen LogP contribution in [0.2, 0.25) is 5.04 Å². The number of halogens is 1. The smallest absolute Gasteiger partial charge is 0.261 e. The van der Waals surface area contributed by atoms with Crippen molar-refractivity contribution in [3.8, 4) is 5.75 Å². The molecule has 53 heavy (non-hydrogen) atoms. The van der Waals surface area contributed by atoms with Crippen LogP contribution >= 0.6 is 15.9 Å². The fourth-order valence-corrected chi connectivity index (χ4v) is 13.4. The van der Waals surface area contributed by atoms with Crippen molar-refractivity contribution in [1.29, 1.82) is 0 Å². The van der Waals surface area contributed by atoms with Gasteiger partial charge in [0, 0.05) is 23.0 Å². The summed E-state index contributed by atoms with van der Waals surface area (Å²) >= 11 is 3.51. The molecule has 0 radical (unpaired) electrons. The number of imide groups is 1. The van der Waals surface area contributed by atoms with Gasteiger partial charge in [-0.15, -0.1) is 0 Å². The van der Waals surface area contributed by atoms with Crippen molar-refractivity contribution < 1.29 is 29.3 Å². The Kier molecular flexibility index (Phi) is 11.7. The molecule has 1 heterocycles. The highest BCUT2D eigenvalue weighted by Gasteiger charge is 2.55. The monoisotopic (exact) mass is 793 g/mol. The Labute approximate surface area is 321 Å². The average molecular weight is 795 g/mol. The van der Waals surface area contributed by atoms with E-state index < -0.39 is 38.8 Å². The lowest BCUT2D eigenvalue weighted by molar-refractivity contribution is -0.138. The zero-order valence-electron chi connectivity index (χ0n) is 30.7. The van der Waals surface area contributed by atoms with Gasteiger partial charge in [0.2, 0.25) is 11.8 Å². The van der Waals surface area contributed by atoms with Crippen LogP contribution in [0, 0.1) is 17.8 Å². The molecule has 1 aliphatic heterocycles. The summed E-state index contributed by atoms with van der Waals surface area (Å²) in [6.45, 7) is 6.34. The molecule has 0 aromatic heterocycles. The topological polar surface area (TPSA) is 107 Å². The van der Waals surface area contributed by atoms with Gasteiger partial charge in [-0.25, -0.2) is 0 Å². The summed E-state index contributed by atoms with van der Waals surface area (Å²) < 4.78 is 8.18. The number of aliphatic hydroxyl groups excluding tert-OH is 2. The van der Waals surface area contributed by atoms with Gasteiger partial charge in [0.15, 0.2) is 0 Å². The Bertz CT molecular complexity index is 1950. The Morgan fingerprint density at radius 2 is 1.51 bits per heavy atom. The largest absolute Gasteiger partial charge is 0.507 e. The Morgan fingerprint density at radius 3 is 2.08 bits per heavy atom. The average Bonchev–Trinajstić information content (AvgIpc) is 3.37. The van der Waals surface area contributed by atoms with E-state index in [1.165, 1.54) is 11.9 Å². The summed E-state index contributed by atoms with van der Waals surface area (Å²) in [5, 5.41) is 35.8. The van der Waals surface area contributed by atoms with Gasteiger partial charge in [-0.3, -0.25) is 14.5 Å². The maximum atomic E-state index is 13.6. The van der Waals surface area contributed by atoms with Crippen molar-refractivity contribution in [2.24, 2.45) is 17.8 Å². The van der Waals surface area contributed by atoms with Gasteiger partial charge in [0.05, 0.1) is 31.2 Å². The highest BCUT2D eigenvalue weighted by Crippen LogP contribution is 2.47. The number of fused-ring (bicyclic) bond motifs is 1. The summed E-state index contributed by atoms with van der Waals surface area (Å²) in [5.41, 5.74) is 3.84. The summed E-state index contributed by atoms with van der Waals surface area (Å²) in [7, 11) is -1.52. The molecule has 3 N–H and O–H groups in total. The fraction of sp³-hybridized carbons (Fsp3) is 0.318. The highest BCUT2D eigenvalue weighted by atomic mass is 79.9.